The summed E-state index contributed by atoms with van der Waals surface area (Å²) in [6.45, 7) is 5.50. The third kappa shape index (κ3) is 6.02. The summed E-state index contributed by atoms with van der Waals surface area (Å²) in [7, 11) is 0. The van der Waals surface area contributed by atoms with E-state index < -0.39 is 11.9 Å². The molecule has 0 radical (unpaired) electrons. The van der Waals surface area contributed by atoms with E-state index in [1.165, 1.54) is 24.3 Å². The average molecular weight is 402 g/mol. The molecule has 148 valence electrons. The van der Waals surface area contributed by atoms with Gasteiger partial charge in [0.15, 0.2) is 5.11 Å². The first kappa shape index (κ1) is 21.3. The molecule has 0 aromatic heterocycles. The second kappa shape index (κ2) is 9.80. The molecule has 28 heavy (non-hydrogen) atoms. The molecule has 2 aromatic carbocycles. The van der Waals surface area contributed by atoms with Crippen LogP contribution in [0, 0.1) is 18.7 Å². The lowest BCUT2D eigenvalue weighted by atomic mass is 10.0. The molecule has 0 aliphatic carbocycles. The minimum absolute atomic E-state index is 0.132. The van der Waals surface area contributed by atoms with Gasteiger partial charge in [-0.15, -0.1) is 0 Å². The average Bonchev–Trinajstić information content (AvgIpc) is 2.66. The molecule has 0 aliphatic heterocycles. The molecular weight excluding hydrogens is 379 g/mol. The molecule has 8 heteroatoms. The number of halogens is 1. The second-order valence-electron chi connectivity index (χ2n) is 6.59. The molecule has 0 unspecified atom stereocenters. The predicted octanol–water partition coefficient (Wildman–Crippen LogP) is 2.91. The van der Waals surface area contributed by atoms with Crippen LogP contribution < -0.4 is 21.5 Å². The highest BCUT2D eigenvalue weighted by Crippen LogP contribution is 2.10. The number of carbonyl (C=O) groups is 2. The van der Waals surface area contributed by atoms with Crippen LogP contribution >= 0.6 is 12.2 Å². The summed E-state index contributed by atoms with van der Waals surface area (Å²) in [5.41, 5.74) is 6.98. The van der Waals surface area contributed by atoms with E-state index >= 15 is 0 Å². The third-order valence-corrected chi connectivity index (χ3v) is 4.23. The highest BCUT2D eigenvalue weighted by molar-refractivity contribution is 7.80. The molecule has 1 atom stereocenters. The predicted molar refractivity (Wildman–Crippen MR) is 111 cm³/mol. The van der Waals surface area contributed by atoms with Crippen molar-refractivity contribution in [2.45, 2.75) is 26.8 Å². The molecule has 0 heterocycles. The van der Waals surface area contributed by atoms with Crippen molar-refractivity contribution in [3.05, 3.63) is 65.5 Å². The Hall–Kier alpha value is -3.00. The normalized spacial score (nSPS) is 11.5. The quantitative estimate of drug-likeness (QED) is 0.457. The first-order chi connectivity index (χ1) is 13.3. The first-order valence-electron chi connectivity index (χ1n) is 8.77. The van der Waals surface area contributed by atoms with Crippen molar-refractivity contribution >= 4 is 34.8 Å². The molecule has 0 spiro atoms. The number of hydrogen-bond acceptors (Lipinski definition) is 3. The number of hydrazine groups is 1. The van der Waals surface area contributed by atoms with Crippen LogP contribution in [-0.2, 0) is 4.79 Å². The Labute approximate surface area is 168 Å². The van der Waals surface area contributed by atoms with Crippen LogP contribution in [0.25, 0.3) is 0 Å². The van der Waals surface area contributed by atoms with Gasteiger partial charge in [-0.2, -0.15) is 0 Å². The summed E-state index contributed by atoms with van der Waals surface area (Å²) in [5.74, 6) is -1.26. The smallest absolute Gasteiger partial charge is 0.261 e. The number of aryl methyl sites for hydroxylation is 1. The van der Waals surface area contributed by atoms with Gasteiger partial charge in [-0.1, -0.05) is 32.0 Å². The summed E-state index contributed by atoms with van der Waals surface area (Å²) >= 11 is 5.10. The van der Waals surface area contributed by atoms with Gasteiger partial charge in [-0.05, 0) is 61.0 Å². The number of amides is 2. The van der Waals surface area contributed by atoms with Crippen LogP contribution in [0.4, 0.5) is 10.1 Å². The fraction of sp³-hybridized carbons (Fsp3) is 0.250. The van der Waals surface area contributed by atoms with Crippen LogP contribution in [-0.4, -0.2) is 23.0 Å². The van der Waals surface area contributed by atoms with E-state index in [9.17, 15) is 14.0 Å². The lowest BCUT2D eigenvalue weighted by Gasteiger charge is -2.22. The van der Waals surface area contributed by atoms with Crippen LogP contribution in [0.3, 0.4) is 0 Å². The van der Waals surface area contributed by atoms with E-state index in [-0.39, 0.29) is 22.8 Å². The van der Waals surface area contributed by atoms with E-state index in [2.05, 4.69) is 21.5 Å². The molecule has 0 fully saturated rings. The van der Waals surface area contributed by atoms with E-state index in [1.54, 1.807) is 12.1 Å². The Morgan fingerprint density at radius 3 is 2.25 bits per heavy atom. The maximum absolute atomic E-state index is 12.9. The van der Waals surface area contributed by atoms with E-state index in [4.69, 9.17) is 12.2 Å². The fourth-order valence-electron chi connectivity index (χ4n) is 2.47. The Bertz CT molecular complexity index is 856. The molecule has 2 rings (SSSR count). The SMILES string of the molecule is Cc1ccccc1C(=O)N[C@H](C(=O)NNC(=S)Nc1ccc(F)cc1)C(C)C. The van der Waals surface area contributed by atoms with Crippen molar-refractivity contribution in [1.29, 1.82) is 0 Å². The second-order valence-corrected chi connectivity index (χ2v) is 6.99. The standard InChI is InChI=1S/C20H23FN4O2S/c1-12(2)17(23-18(26)16-7-5-4-6-13(16)3)19(27)24-25-20(28)22-15-10-8-14(21)9-11-15/h4-12,17H,1-3H3,(H,23,26)(H,24,27)(H2,22,25,28)/t17-/m0/s1. The van der Waals surface area contributed by atoms with Crippen molar-refractivity contribution in [2.75, 3.05) is 5.32 Å². The van der Waals surface area contributed by atoms with Gasteiger partial charge < -0.3 is 10.6 Å². The number of anilines is 1. The maximum atomic E-state index is 12.9. The molecule has 0 saturated carbocycles. The topological polar surface area (TPSA) is 82.3 Å². The summed E-state index contributed by atoms with van der Waals surface area (Å²) in [4.78, 5) is 25.0. The lowest BCUT2D eigenvalue weighted by molar-refractivity contribution is -0.124. The zero-order chi connectivity index (χ0) is 20.7. The molecular formula is C20H23FN4O2S. The van der Waals surface area contributed by atoms with Crippen LogP contribution in [0.5, 0.6) is 0 Å². The molecule has 4 N–H and O–H groups in total. The van der Waals surface area contributed by atoms with Gasteiger partial charge in [0.25, 0.3) is 11.8 Å². The Morgan fingerprint density at radius 1 is 1.00 bits per heavy atom. The number of nitrogens with one attached hydrogen (secondary N) is 4. The number of carbonyl (C=O) groups excluding carboxylic acids is 2. The minimum atomic E-state index is -0.756. The molecule has 0 saturated heterocycles. The van der Waals surface area contributed by atoms with Crippen molar-refractivity contribution in [1.82, 2.24) is 16.2 Å². The third-order valence-electron chi connectivity index (χ3n) is 4.03. The zero-order valence-corrected chi connectivity index (χ0v) is 16.7. The van der Waals surface area contributed by atoms with E-state index in [1.807, 2.05) is 32.9 Å². The Balaban J connectivity index is 1.93. The van der Waals surface area contributed by atoms with Gasteiger partial charge in [-0.25, -0.2) is 4.39 Å². The maximum Gasteiger partial charge on any atom is 0.261 e. The largest absolute Gasteiger partial charge is 0.340 e. The molecule has 2 aromatic rings. The van der Waals surface area contributed by atoms with Crippen molar-refractivity contribution in [3.63, 3.8) is 0 Å². The molecule has 0 aliphatic rings. The van der Waals surface area contributed by atoms with Gasteiger partial charge in [0, 0.05) is 11.3 Å². The minimum Gasteiger partial charge on any atom is -0.340 e. The van der Waals surface area contributed by atoms with E-state index in [0.29, 0.717) is 11.3 Å². The highest BCUT2D eigenvalue weighted by atomic mass is 32.1. The van der Waals surface area contributed by atoms with Crippen LogP contribution in [0.1, 0.15) is 29.8 Å². The van der Waals surface area contributed by atoms with Gasteiger partial charge in [0.2, 0.25) is 0 Å². The van der Waals surface area contributed by atoms with Crippen molar-refractivity contribution < 1.29 is 14.0 Å². The van der Waals surface area contributed by atoms with Crippen LogP contribution in [0.15, 0.2) is 48.5 Å². The summed E-state index contributed by atoms with van der Waals surface area (Å²) in [5, 5.41) is 5.71. The van der Waals surface area contributed by atoms with Gasteiger partial charge in [0.1, 0.15) is 11.9 Å². The summed E-state index contributed by atoms with van der Waals surface area (Å²) in [6, 6.07) is 12.0. The number of thiocarbonyl (C=S) groups is 1. The highest BCUT2D eigenvalue weighted by Gasteiger charge is 2.25. The molecule has 6 nitrogen and oxygen atoms in total. The molecule has 0 bridgehead atoms. The molecule has 2 amide bonds. The lowest BCUT2D eigenvalue weighted by Crippen LogP contribution is -2.55. The summed E-state index contributed by atoms with van der Waals surface area (Å²) < 4.78 is 12.9. The van der Waals surface area contributed by atoms with Crippen LogP contribution in [0.2, 0.25) is 0 Å². The number of benzene rings is 2. The number of rotatable bonds is 5. The zero-order valence-electron chi connectivity index (χ0n) is 15.9. The van der Waals surface area contributed by atoms with Gasteiger partial charge >= 0.3 is 0 Å². The first-order valence-corrected chi connectivity index (χ1v) is 9.17. The summed E-state index contributed by atoms with van der Waals surface area (Å²) in [6.07, 6.45) is 0. The number of hydrogen-bond donors (Lipinski definition) is 4. The Kier molecular flexibility index (Phi) is 7.45. The fourth-order valence-corrected chi connectivity index (χ4v) is 2.64. The monoisotopic (exact) mass is 402 g/mol. The van der Waals surface area contributed by atoms with Gasteiger partial charge in [0.05, 0.1) is 0 Å². The van der Waals surface area contributed by atoms with Crippen molar-refractivity contribution in [2.24, 2.45) is 5.92 Å². The Morgan fingerprint density at radius 2 is 1.64 bits per heavy atom. The van der Waals surface area contributed by atoms with E-state index in [0.717, 1.165) is 5.56 Å². The van der Waals surface area contributed by atoms with Crippen molar-refractivity contribution in [3.8, 4) is 0 Å². The van der Waals surface area contributed by atoms with Gasteiger partial charge in [-0.3, -0.25) is 20.4 Å².